The zero-order valence-electron chi connectivity index (χ0n) is 11.1. The lowest BCUT2D eigenvalue weighted by molar-refractivity contribution is 0.0382. The summed E-state index contributed by atoms with van der Waals surface area (Å²) in [5, 5.41) is 4.63. The van der Waals surface area contributed by atoms with Gasteiger partial charge < -0.3 is 4.74 Å². The molecular weight excluding hydrogens is 228 g/mol. The first kappa shape index (κ1) is 12.1. The minimum absolute atomic E-state index is 0.742. The summed E-state index contributed by atoms with van der Waals surface area (Å²) in [5.41, 5.74) is 0. The third kappa shape index (κ3) is 2.72. The third-order valence-electron chi connectivity index (χ3n) is 3.89. The van der Waals surface area contributed by atoms with Crippen LogP contribution in [0.25, 0.3) is 0 Å². The fourth-order valence-corrected chi connectivity index (χ4v) is 2.71. The van der Waals surface area contributed by atoms with Gasteiger partial charge in [0.15, 0.2) is 5.82 Å². The molecule has 18 heavy (non-hydrogen) atoms. The number of rotatable bonds is 3. The minimum Gasteiger partial charge on any atom is -0.379 e. The van der Waals surface area contributed by atoms with Crippen molar-refractivity contribution in [3.8, 4) is 0 Å². The summed E-state index contributed by atoms with van der Waals surface area (Å²) < 4.78 is 7.47. The van der Waals surface area contributed by atoms with Crippen molar-refractivity contribution in [2.45, 2.75) is 32.7 Å². The Kier molecular flexibility index (Phi) is 3.61. The zero-order chi connectivity index (χ0) is 12.4. The van der Waals surface area contributed by atoms with Crippen molar-refractivity contribution in [3.63, 3.8) is 0 Å². The number of aromatic nitrogens is 3. The first-order valence-corrected chi connectivity index (χ1v) is 7.04. The summed E-state index contributed by atoms with van der Waals surface area (Å²) in [6.45, 7) is 8.21. The molecule has 2 aliphatic heterocycles. The first-order valence-electron chi connectivity index (χ1n) is 7.04. The largest absolute Gasteiger partial charge is 0.379 e. The van der Waals surface area contributed by atoms with Crippen LogP contribution in [0.5, 0.6) is 0 Å². The quantitative estimate of drug-likeness (QED) is 0.793. The van der Waals surface area contributed by atoms with Gasteiger partial charge in [0.2, 0.25) is 0 Å². The molecule has 5 nitrogen and oxygen atoms in total. The van der Waals surface area contributed by atoms with E-state index in [4.69, 9.17) is 4.74 Å². The van der Waals surface area contributed by atoms with Crippen LogP contribution >= 0.6 is 0 Å². The van der Waals surface area contributed by atoms with Gasteiger partial charge in [-0.25, -0.2) is 9.67 Å². The van der Waals surface area contributed by atoms with Gasteiger partial charge in [-0.1, -0.05) is 6.92 Å². The number of morpholine rings is 1. The number of hydrogen-bond acceptors (Lipinski definition) is 4. The molecule has 2 aliphatic rings. The second kappa shape index (κ2) is 5.36. The van der Waals surface area contributed by atoms with Gasteiger partial charge in [0.25, 0.3) is 0 Å². The SMILES string of the molecule is CC1CCc2nc(CCN3CCOCC3)nn2C1. The predicted octanol–water partition coefficient (Wildman–Crippen LogP) is 0.735. The average Bonchev–Trinajstić information content (AvgIpc) is 2.79. The van der Waals surface area contributed by atoms with Gasteiger partial charge >= 0.3 is 0 Å². The van der Waals surface area contributed by atoms with Crippen LogP contribution in [0.3, 0.4) is 0 Å². The molecule has 0 aliphatic carbocycles. The Hall–Kier alpha value is -0.940. The highest BCUT2D eigenvalue weighted by molar-refractivity contribution is 4.97. The summed E-state index contributed by atoms with van der Waals surface area (Å²) in [6, 6.07) is 0. The molecular formula is C13H22N4O. The highest BCUT2D eigenvalue weighted by Gasteiger charge is 2.19. The number of nitrogens with zero attached hydrogens (tertiary/aromatic N) is 4. The Morgan fingerprint density at radius 2 is 2.17 bits per heavy atom. The average molecular weight is 250 g/mol. The van der Waals surface area contributed by atoms with Gasteiger partial charge in [-0.05, 0) is 12.3 Å². The molecule has 0 aromatic carbocycles. The van der Waals surface area contributed by atoms with Crippen LogP contribution in [-0.4, -0.2) is 52.5 Å². The normalized spacial score (nSPS) is 25.1. The molecule has 100 valence electrons. The van der Waals surface area contributed by atoms with E-state index in [1.165, 1.54) is 12.2 Å². The van der Waals surface area contributed by atoms with E-state index in [-0.39, 0.29) is 0 Å². The van der Waals surface area contributed by atoms with Crippen molar-refractivity contribution >= 4 is 0 Å². The summed E-state index contributed by atoms with van der Waals surface area (Å²) in [6.07, 6.45) is 3.31. The lowest BCUT2D eigenvalue weighted by Gasteiger charge is -2.25. The molecule has 1 saturated heterocycles. The molecule has 3 heterocycles. The molecule has 0 amide bonds. The molecule has 0 spiro atoms. The molecule has 0 saturated carbocycles. The molecule has 1 aromatic heterocycles. The molecule has 1 fully saturated rings. The van der Waals surface area contributed by atoms with E-state index < -0.39 is 0 Å². The molecule has 1 atom stereocenters. The fraction of sp³-hybridized carbons (Fsp3) is 0.846. The van der Waals surface area contributed by atoms with Gasteiger partial charge in [-0.2, -0.15) is 5.10 Å². The molecule has 5 heteroatoms. The maximum atomic E-state index is 5.35. The van der Waals surface area contributed by atoms with Crippen LogP contribution in [0.15, 0.2) is 0 Å². The van der Waals surface area contributed by atoms with Gasteiger partial charge in [0.05, 0.1) is 13.2 Å². The summed E-state index contributed by atoms with van der Waals surface area (Å²) in [7, 11) is 0. The van der Waals surface area contributed by atoms with E-state index in [1.807, 2.05) is 0 Å². The number of aryl methyl sites for hydroxylation is 1. The van der Waals surface area contributed by atoms with E-state index in [9.17, 15) is 0 Å². The van der Waals surface area contributed by atoms with Crippen molar-refractivity contribution in [3.05, 3.63) is 11.6 Å². The Bertz CT molecular complexity index is 398. The molecule has 1 aromatic rings. The number of hydrogen-bond donors (Lipinski definition) is 0. The summed E-state index contributed by atoms with van der Waals surface area (Å²) >= 11 is 0. The van der Waals surface area contributed by atoms with Gasteiger partial charge in [-0.3, -0.25) is 4.90 Å². The Morgan fingerprint density at radius 1 is 1.33 bits per heavy atom. The van der Waals surface area contributed by atoms with Crippen LogP contribution in [0.2, 0.25) is 0 Å². The van der Waals surface area contributed by atoms with Crippen molar-refractivity contribution in [1.29, 1.82) is 0 Å². The van der Waals surface area contributed by atoms with Crippen LogP contribution in [0.4, 0.5) is 0 Å². The molecule has 3 rings (SSSR count). The van der Waals surface area contributed by atoms with E-state index in [0.29, 0.717) is 0 Å². The smallest absolute Gasteiger partial charge is 0.152 e. The van der Waals surface area contributed by atoms with Crippen molar-refractivity contribution < 1.29 is 4.74 Å². The standard InChI is InChI=1S/C13H22N4O/c1-11-2-3-13-14-12(15-17(13)10-11)4-5-16-6-8-18-9-7-16/h11H,2-10H2,1H3. The lowest BCUT2D eigenvalue weighted by Crippen LogP contribution is -2.37. The van der Waals surface area contributed by atoms with Gasteiger partial charge in [0.1, 0.15) is 5.82 Å². The Balaban J connectivity index is 1.56. The van der Waals surface area contributed by atoms with Gasteiger partial charge in [0, 0.05) is 39.0 Å². The minimum atomic E-state index is 0.742. The first-order chi connectivity index (χ1) is 8.81. The molecule has 0 bridgehead atoms. The number of ether oxygens (including phenoxy) is 1. The maximum absolute atomic E-state index is 5.35. The van der Waals surface area contributed by atoms with Crippen molar-refractivity contribution in [2.24, 2.45) is 5.92 Å². The summed E-state index contributed by atoms with van der Waals surface area (Å²) in [4.78, 5) is 7.10. The highest BCUT2D eigenvalue weighted by atomic mass is 16.5. The van der Waals surface area contributed by atoms with Crippen molar-refractivity contribution in [2.75, 3.05) is 32.8 Å². The molecule has 0 radical (unpaired) electrons. The van der Waals surface area contributed by atoms with Crippen LogP contribution in [-0.2, 0) is 24.1 Å². The van der Waals surface area contributed by atoms with Crippen LogP contribution < -0.4 is 0 Å². The van der Waals surface area contributed by atoms with Gasteiger partial charge in [-0.15, -0.1) is 0 Å². The monoisotopic (exact) mass is 250 g/mol. The third-order valence-corrected chi connectivity index (χ3v) is 3.89. The fourth-order valence-electron chi connectivity index (χ4n) is 2.71. The van der Waals surface area contributed by atoms with E-state index in [2.05, 4.69) is 26.6 Å². The highest BCUT2D eigenvalue weighted by Crippen LogP contribution is 2.17. The second-order valence-electron chi connectivity index (χ2n) is 5.47. The topological polar surface area (TPSA) is 43.2 Å². The second-order valence-corrected chi connectivity index (χ2v) is 5.47. The molecule has 0 N–H and O–H groups in total. The summed E-state index contributed by atoms with van der Waals surface area (Å²) in [5.74, 6) is 2.95. The van der Waals surface area contributed by atoms with E-state index in [1.54, 1.807) is 0 Å². The number of fused-ring (bicyclic) bond motifs is 1. The Labute approximate surface area is 108 Å². The predicted molar refractivity (Wildman–Crippen MR) is 68.5 cm³/mol. The van der Waals surface area contributed by atoms with Crippen molar-refractivity contribution in [1.82, 2.24) is 19.7 Å². The van der Waals surface area contributed by atoms with Crippen LogP contribution in [0, 0.1) is 5.92 Å². The van der Waals surface area contributed by atoms with E-state index in [0.717, 1.165) is 64.0 Å². The lowest BCUT2D eigenvalue weighted by atomic mass is 10.0. The van der Waals surface area contributed by atoms with Crippen LogP contribution in [0.1, 0.15) is 25.0 Å². The maximum Gasteiger partial charge on any atom is 0.152 e. The Morgan fingerprint density at radius 3 is 3.00 bits per heavy atom. The van der Waals surface area contributed by atoms with E-state index >= 15 is 0 Å². The molecule has 1 unspecified atom stereocenters. The zero-order valence-corrected chi connectivity index (χ0v) is 11.1.